The van der Waals surface area contributed by atoms with E-state index in [4.69, 9.17) is 5.26 Å². The molecule has 1 heterocycles. The highest BCUT2D eigenvalue weighted by Crippen LogP contribution is 2.18. The van der Waals surface area contributed by atoms with Gasteiger partial charge in [-0.1, -0.05) is 18.2 Å². The molecule has 3 N–H and O–H groups in total. The van der Waals surface area contributed by atoms with Gasteiger partial charge in [-0.05, 0) is 29.8 Å². The molecular formula is C18H15N5O2. The van der Waals surface area contributed by atoms with Crippen LogP contribution in [0.5, 0.6) is 0 Å². The number of nitriles is 1. The van der Waals surface area contributed by atoms with Crippen molar-refractivity contribution in [2.45, 2.75) is 13.0 Å². The number of aromatic nitrogens is 2. The Morgan fingerprint density at radius 1 is 1.20 bits per heavy atom. The van der Waals surface area contributed by atoms with Crippen LogP contribution in [-0.4, -0.2) is 21.8 Å². The lowest BCUT2D eigenvalue weighted by atomic mass is 10.1. The van der Waals surface area contributed by atoms with Crippen LogP contribution in [-0.2, 0) is 11.3 Å². The van der Waals surface area contributed by atoms with E-state index in [-0.39, 0.29) is 24.8 Å². The molecule has 2 aromatic carbocycles. The van der Waals surface area contributed by atoms with Crippen molar-refractivity contribution in [3.63, 3.8) is 0 Å². The monoisotopic (exact) mass is 333 g/mol. The van der Waals surface area contributed by atoms with E-state index in [0.29, 0.717) is 11.3 Å². The van der Waals surface area contributed by atoms with E-state index in [1.165, 1.54) is 0 Å². The van der Waals surface area contributed by atoms with Crippen molar-refractivity contribution in [2.24, 2.45) is 0 Å². The van der Waals surface area contributed by atoms with Gasteiger partial charge in [-0.15, -0.1) is 0 Å². The minimum Gasteiger partial charge on any atom is -0.351 e. The molecule has 0 saturated heterocycles. The van der Waals surface area contributed by atoms with Crippen LogP contribution < -0.4 is 10.6 Å². The predicted octanol–water partition coefficient (Wildman–Crippen LogP) is 2.35. The van der Waals surface area contributed by atoms with Crippen LogP contribution in [0.2, 0.25) is 0 Å². The zero-order valence-corrected chi connectivity index (χ0v) is 13.2. The van der Waals surface area contributed by atoms with Crippen LogP contribution in [0, 0.1) is 11.3 Å². The molecule has 3 rings (SSSR count). The summed E-state index contributed by atoms with van der Waals surface area (Å²) in [7, 11) is 0. The van der Waals surface area contributed by atoms with Crippen LogP contribution >= 0.6 is 0 Å². The van der Waals surface area contributed by atoms with Gasteiger partial charge >= 0.3 is 0 Å². The SMILES string of the molecule is N#CCC(=O)NCc1ccccc1NC(=O)c1ccc2nc[nH]c2c1. The van der Waals surface area contributed by atoms with Gasteiger partial charge in [0.2, 0.25) is 5.91 Å². The Morgan fingerprint density at radius 3 is 2.88 bits per heavy atom. The van der Waals surface area contributed by atoms with Crippen molar-refractivity contribution in [3.8, 4) is 6.07 Å². The molecule has 0 spiro atoms. The zero-order valence-electron chi connectivity index (χ0n) is 13.2. The van der Waals surface area contributed by atoms with Crippen molar-refractivity contribution < 1.29 is 9.59 Å². The lowest BCUT2D eigenvalue weighted by Gasteiger charge is -2.11. The Balaban J connectivity index is 1.74. The summed E-state index contributed by atoms with van der Waals surface area (Å²) < 4.78 is 0. The fraction of sp³-hybridized carbons (Fsp3) is 0.111. The normalized spacial score (nSPS) is 10.2. The second-order valence-corrected chi connectivity index (χ2v) is 5.36. The molecule has 0 aliphatic rings. The van der Waals surface area contributed by atoms with Crippen molar-refractivity contribution in [3.05, 3.63) is 59.9 Å². The molecular weight excluding hydrogens is 318 g/mol. The first-order valence-corrected chi connectivity index (χ1v) is 7.63. The van der Waals surface area contributed by atoms with Gasteiger partial charge in [0.05, 0.1) is 23.4 Å². The average molecular weight is 333 g/mol. The number of hydrogen-bond donors (Lipinski definition) is 3. The number of hydrogen-bond acceptors (Lipinski definition) is 4. The van der Waals surface area contributed by atoms with Gasteiger partial charge in [-0.3, -0.25) is 9.59 Å². The average Bonchev–Trinajstić information content (AvgIpc) is 3.09. The first-order chi connectivity index (χ1) is 12.2. The molecule has 2 amide bonds. The van der Waals surface area contributed by atoms with E-state index in [2.05, 4.69) is 20.6 Å². The van der Waals surface area contributed by atoms with Gasteiger partial charge in [0.15, 0.2) is 0 Å². The number of aromatic amines is 1. The summed E-state index contributed by atoms with van der Waals surface area (Å²) >= 11 is 0. The number of rotatable bonds is 5. The molecule has 7 nitrogen and oxygen atoms in total. The number of nitrogens with zero attached hydrogens (tertiary/aromatic N) is 2. The second kappa shape index (κ2) is 7.27. The number of H-pyrrole nitrogens is 1. The molecule has 0 saturated carbocycles. The molecule has 0 aliphatic heterocycles. The quantitative estimate of drug-likeness (QED) is 0.665. The van der Waals surface area contributed by atoms with Crippen LogP contribution in [0.4, 0.5) is 5.69 Å². The smallest absolute Gasteiger partial charge is 0.255 e. The van der Waals surface area contributed by atoms with Gasteiger partial charge in [0.1, 0.15) is 6.42 Å². The molecule has 7 heteroatoms. The molecule has 1 aromatic heterocycles. The molecule has 25 heavy (non-hydrogen) atoms. The van der Waals surface area contributed by atoms with Gasteiger partial charge in [-0.2, -0.15) is 5.26 Å². The largest absolute Gasteiger partial charge is 0.351 e. The lowest BCUT2D eigenvalue weighted by Crippen LogP contribution is -2.23. The van der Waals surface area contributed by atoms with E-state index < -0.39 is 0 Å². The summed E-state index contributed by atoms with van der Waals surface area (Å²) in [5.74, 6) is -0.611. The first kappa shape index (κ1) is 16.2. The van der Waals surface area contributed by atoms with E-state index in [1.807, 2.05) is 6.07 Å². The Hall–Kier alpha value is -3.66. The Bertz CT molecular complexity index is 971. The van der Waals surface area contributed by atoms with Gasteiger partial charge in [0.25, 0.3) is 5.91 Å². The highest BCUT2D eigenvalue weighted by Gasteiger charge is 2.11. The third-order valence-electron chi connectivity index (χ3n) is 3.66. The molecule has 0 unspecified atom stereocenters. The van der Waals surface area contributed by atoms with Crippen molar-refractivity contribution in [1.29, 1.82) is 5.26 Å². The standard InChI is InChI=1S/C18H15N5O2/c19-8-7-17(24)20-10-13-3-1-2-4-14(13)23-18(25)12-5-6-15-16(9-12)22-11-21-15/h1-6,9,11H,7,10H2,(H,20,24)(H,21,22)(H,23,25). The Morgan fingerprint density at radius 2 is 2.04 bits per heavy atom. The number of benzene rings is 2. The molecule has 0 bridgehead atoms. The maximum absolute atomic E-state index is 12.5. The van der Waals surface area contributed by atoms with Gasteiger partial charge in [-0.25, -0.2) is 4.98 Å². The van der Waals surface area contributed by atoms with E-state index in [0.717, 1.165) is 16.6 Å². The van der Waals surface area contributed by atoms with Gasteiger partial charge in [0, 0.05) is 17.8 Å². The second-order valence-electron chi connectivity index (χ2n) is 5.36. The molecule has 0 fully saturated rings. The number of anilines is 1. The van der Waals surface area contributed by atoms with Crippen molar-refractivity contribution >= 4 is 28.5 Å². The number of fused-ring (bicyclic) bond motifs is 1. The maximum Gasteiger partial charge on any atom is 0.255 e. The minimum atomic E-state index is -0.353. The number of amides is 2. The van der Waals surface area contributed by atoms with Gasteiger partial charge < -0.3 is 15.6 Å². The summed E-state index contributed by atoms with van der Waals surface area (Å²) in [6, 6.07) is 14.2. The molecule has 0 atom stereocenters. The van der Waals surface area contributed by atoms with E-state index >= 15 is 0 Å². The van der Waals surface area contributed by atoms with E-state index in [9.17, 15) is 9.59 Å². The van der Waals surface area contributed by atoms with E-state index in [1.54, 1.807) is 48.8 Å². The summed E-state index contributed by atoms with van der Waals surface area (Å²) in [4.78, 5) is 31.0. The highest BCUT2D eigenvalue weighted by molar-refractivity contribution is 6.06. The summed E-state index contributed by atoms with van der Waals surface area (Å²) in [6.45, 7) is 0.233. The van der Waals surface area contributed by atoms with Crippen LogP contribution in [0.3, 0.4) is 0 Å². The number of carbonyl (C=O) groups is 2. The fourth-order valence-corrected chi connectivity index (χ4v) is 2.40. The summed E-state index contributed by atoms with van der Waals surface area (Å²) in [6.07, 6.45) is 1.38. The summed E-state index contributed by atoms with van der Waals surface area (Å²) in [5, 5.41) is 14.0. The topological polar surface area (TPSA) is 111 Å². The summed E-state index contributed by atoms with van der Waals surface area (Å²) in [5.41, 5.74) is 3.43. The van der Waals surface area contributed by atoms with Crippen molar-refractivity contribution in [1.82, 2.24) is 15.3 Å². The highest BCUT2D eigenvalue weighted by atomic mass is 16.2. The number of para-hydroxylation sites is 1. The minimum absolute atomic E-state index is 0.196. The number of nitrogens with one attached hydrogen (secondary N) is 3. The predicted molar refractivity (Wildman–Crippen MR) is 92.6 cm³/mol. The zero-order chi connectivity index (χ0) is 17.6. The van der Waals surface area contributed by atoms with Crippen molar-refractivity contribution in [2.75, 3.05) is 5.32 Å². The molecule has 0 aliphatic carbocycles. The Kier molecular flexibility index (Phi) is 4.72. The fourth-order valence-electron chi connectivity index (χ4n) is 2.40. The first-order valence-electron chi connectivity index (χ1n) is 7.63. The van der Waals surface area contributed by atoms with Crippen LogP contribution in [0.15, 0.2) is 48.8 Å². The lowest BCUT2D eigenvalue weighted by molar-refractivity contribution is -0.120. The number of carbonyl (C=O) groups excluding carboxylic acids is 2. The third-order valence-corrected chi connectivity index (χ3v) is 3.66. The van der Waals surface area contributed by atoms with Crippen LogP contribution in [0.25, 0.3) is 11.0 Å². The molecule has 3 aromatic rings. The maximum atomic E-state index is 12.5. The molecule has 124 valence electrons. The number of imidazole rings is 1. The Labute approximate surface area is 143 Å². The molecule has 0 radical (unpaired) electrons. The third kappa shape index (κ3) is 3.82. The van der Waals surface area contributed by atoms with Crippen LogP contribution in [0.1, 0.15) is 22.3 Å².